The summed E-state index contributed by atoms with van der Waals surface area (Å²) in [4.78, 5) is 108. The van der Waals surface area contributed by atoms with E-state index in [1.165, 1.54) is 7.05 Å². The molecule has 0 rings (SSSR count). The fourth-order valence-corrected chi connectivity index (χ4v) is 1.85. The molecule has 21 nitrogen and oxygen atoms in total. The first-order valence-electron chi connectivity index (χ1n) is 14.0. The standard InChI is InChI=1S/C9H14N2O6.C9H14N2O4.C6H10O4.CH6N2.CH5N/c1-3-16-8(14)6(12)10-5-11-7(13)9(15)17-4-2;1-3-6(12)8(14)10-5-11-9(15)7(13)4-2;1-3-9-5(7)6(8)10-4-2;2-1-3;1-2/h3-5H2,1-2H3,(H,10,12)(H,11,13);3-5H2,1-2H3,(H,10,14)(H,11,15);3-4H2,1-2H3;1-3H2;2H2,1H3. The largest absolute Gasteiger partial charge is 0.459 e. The summed E-state index contributed by atoms with van der Waals surface area (Å²) in [5.41, 5.74) is 13.8. The lowest BCUT2D eigenvalue weighted by atomic mass is 10.3. The van der Waals surface area contributed by atoms with Crippen molar-refractivity contribution in [2.75, 3.05) is 53.5 Å². The maximum atomic E-state index is 11.0. The summed E-state index contributed by atoms with van der Waals surface area (Å²) in [5.74, 6) is -8.63. The highest BCUT2D eigenvalue weighted by Crippen LogP contribution is 1.84. The molecule has 0 heterocycles. The normalized spacial score (nSPS) is 8.55. The lowest BCUT2D eigenvalue weighted by Crippen LogP contribution is -2.43. The third-order valence-corrected chi connectivity index (χ3v) is 3.78. The molecule has 0 bridgehead atoms. The summed E-state index contributed by atoms with van der Waals surface area (Å²) < 4.78 is 17.5. The molecular formula is C26H49N7O14. The van der Waals surface area contributed by atoms with Gasteiger partial charge in [-0.25, -0.2) is 19.2 Å². The van der Waals surface area contributed by atoms with E-state index in [9.17, 15) is 47.9 Å². The van der Waals surface area contributed by atoms with E-state index in [2.05, 4.69) is 46.8 Å². The number of hydrogen-bond donors (Lipinski definition) is 7. The number of Topliss-reactive ketones (excluding diaryl/α,β-unsaturated/α-hetero) is 2. The number of rotatable bonds is 12. The first-order valence-corrected chi connectivity index (χ1v) is 14.0. The van der Waals surface area contributed by atoms with Gasteiger partial charge in [0.05, 0.1) is 39.8 Å². The minimum absolute atomic E-state index is 0.0709. The number of nitrogens with one attached hydrogen (secondary N) is 4. The van der Waals surface area contributed by atoms with Crippen molar-refractivity contribution >= 4 is 59.1 Å². The van der Waals surface area contributed by atoms with Crippen LogP contribution in [0.3, 0.4) is 0 Å². The van der Waals surface area contributed by atoms with E-state index in [0.717, 1.165) is 0 Å². The van der Waals surface area contributed by atoms with Crippen LogP contribution in [0.4, 0.5) is 0 Å². The molecule has 47 heavy (non-hydrogen) atoms. The minimum Gasteiger partial charge on any atom is -0.459 e. The van der Waals surface area contributed by atoms with Crippen molar-refractivity contribution in [1.29, 1.82) is 0 Å². The van der Waals surface area contributed by atoms with Gasteiger partial charge in [-0.2, -0.15) is 0 Å². The number of ether oxygens (including phenoxy) is 4. The fraction of sp³-hybridized carbons (Fsp3) is 0.615. The smallest absolute Gasteiger partial charge is 0.417 e. The molecule has 0 aliphatic heterocycles. The summed E-state index contributed by atoms with van der Waals surface area (Å²) in [5, 5.41) is 8.42. The second-order valence-corrected chi connectivity index (χ2v) is 7.05. The van der Waals surface area contributed by atoms with Crippen molar-refractivity contribution in [2.45, 2.75) is 54.4 Å². The molecule has 0 aliphatic rings. The van der Waals surface area contributed by atoms with E-state index in [-0.39, 0.29) is 59.3 Å². The highest BCUT2D eigenvalue weighted by molar-refractivity contribution is 6.37. The SMILES string of the molecule is CCC(=O)C(=O)NCNC(=O)C(=O)CC.CCOC(=O)C(=O)NCNC(=O)C(=O)OCC.CCOC(=O)C(=O)OCC.CN.NCN. The quantitative estimate of drug-likeness (QED) is 0.0446. The van der Waals surface area contributed by atoms with Crippen molar-refractivity contribution in [3.8, 4) is 0 Å². The van der Waals surface area contributed by atoms with Crippen LogP contribution >= 0.6 is 0 Å². The maximum absolute atomic E-state index is 11.0. The first kappa shape index (κ1) is 51.6. The Morgan fingerprint density at radius 2 is 0.638 bits per heavy atom. The number of nitrogens with two attached hydrogens (primary N) is 3. The molecule has 0 spiro atoms. The predicted octanol–water partition coefficient (Wildman–Crippen LogP) is -4.01. The van der Waals surface area contributed by atoms with Crippen LogP contribution in [0.15, 0.2) is 0 Å². The molecule has 21 heteroatoms. The van der Waals surface area contributed by atoms with Crippen LogP contribution in [0.5, 0.6) is 0 Å². The van der Waals surface area contributed by atoms with Crippen LogP contribution in [0.1, 0.15) is 54.4 Å². The second-order valence-electron chi connectivity index (χ2n) is 7.05. The summed E-state index contributed by atoms with van der Waals surface area (Å²) in [6.45, 7) is 9.65. The summed E-state index contributed by atoms with van der Waals surface area (Å²) in [6.07, 6.45) is 0.210. The van der Waals surface area contributed by atoms with Gasteiger partial charge in [0.1, 0.15) is 0 Å². The number of hydrogen-bond acceptors (Lipinski definition) is 17. The zero-order valence-electron chi connectivity index (χ0n) is 27.8. The fourth-order valence-electron chi connectivity index (χ4n) is 1.85. The zero-order chi connectivity index (χ0) is 37.8. The van der Waals surface area contributed by atoms with Crippen LogP contribution in [0, 0.1) is 0 Å². The summed E-state index contributed by atoms with van der Waals surface area (Å²) >= 11 is 0. The number of carbonyl (C=O) groups is 10. The number of ketones is 2. The zero-order valence-corrected chi connectivity index (χ0v) is 27.8. The van der Waals surface area contributed by atoms with E-state index in [1.54, 1.807) is 41.5 Å². The molecule has 10 N–H and O–H groups in total. The van der Waals surface area contributed by atoms with E-state index < -0.39 is 59.1 Å². The van der Waals surface area contributed by atoms with Crippen LogP contribution in [-0.2, 0) is 66.9 Å². The van der Waals surface area contributed by atoms with Gasteiger partial charge >= 0.3 is 35.7 Å². The Bertz CT molecular complexity index is 917. The predicted molar refractivity (Wildman–Crippen MR) is 163 cm³/mol. The van der Waals surface area contributed by atoms with Crippen LogP contribution in [-0.4, -0.2) is 113 Å². The number of amides is 4. The number of carbonyl (C=O) groups excluding carboxylic acids is 10. The Hall–Kier alpha value is -5.02. The Morgan fingerprint density at radius 1 is 0.426 bits per heavy atom. The van der Waals surface area contributed by atoms with Gasteiger partial charge in [-0.15, -0.1) is 0 Å². The summed E-state index contributed by atoms with van der Waals surface area (Å²) in [6, 6.07) is 0. The average molecular weight is 684 g/mol. The van der Waals surface area contributed by atoms with E-state index >= 15 is 0 Å². The third kappa shape index (κ3) is 33.7. The molecule has 4 amide bonds. The van der Waals surface area contributed by atoms with Gasteiger partial charge in [-0.05, 0) is 34.7 Å². The van der Waals surface area contributed by atoms with Crippen LogP contribution < -0.4 is 38.5 Å². The molecule has 0 saturated carbocycles. The average Bonchev–Trinajstić information content (AvgIpc) is 3.05. The Labute approximate surface area is 272 Å². The monoisotopic (exact) mass is 683 g/mol. The van der Waals surface area contributed by atoms with E-state index in [4.69, 9.17) is 0 Å². The van der Waals surface area contributed by atoms with Crippen molar-refractivity contribution in [3.63, 3.8) is 0 Å². The topological polar surface area (TPSA) is 334 Å². The van der Waals surface area contributed by atoms with E-state index in [0.29, 0.717) is 0 Å². The van der Waals surface area contributed by atoms with Crippen molar-refractivity contribution in [3.05, 3.63) is 0 Å². The molecule has 0 atom stereocenters. The third-order valence-electron chi connectivity index (χ3n) is 3.78. The highest BCUT2D eigenvalue weighted by Gasteiger charge is 2.17. The molecular weight excluding hydrogens is 634 g/mol. The molecule has 0 aromatic heterocycles. The molecule has 272 valence electrons. The van der Waals surface area contributed by atoms with Gasteiger partial charge in [0.2, 0.25) is 11.6 Å². The van der Waals surface area contributed by atoms with Crippen molar-refractivity contribution in [2.24, 2.45) is 17.2 Å². The minimum atomic E-state index is -1.06. The molecule has 0 saturated heterocycles. The van der Waals surface area contributed by atoms with Crippen LogP contribution in [0.25, 0.3) is 0 Å². The van der Waals surface area contributed by atoms with Gasteiger partial charge in [0.25, 0.3) is 11.8 Å². The van der Waals surface area contributed by atoms with Gasteiger partial charge in [0.15, 0.2) is 0 Å². The van der Waals surface area contributed by atoms with Crippen LogP contribution in [0.2, 0.25) is 0 Å². The molecule has 0 radical (unpaired) electrons. The van der Waals surface area contributed by atoms with Gasteiger partial charge in [-0.3, -0.25) is 28.8 Å². The van der Waals surface area contributed by atoms with Gasteiger partial charge < -0.3 is 57.4 Å². The van der Waals surface area contributed by atoms with Gasteiger partial charge in [0, 0.05) is 19.5 Å². The molecule has 0 unspecified atom stereocenters. The Morgan fingerprint density at radius 3 is 0.851 bits per heavy atom. The summed E-state index contributed by atoms with van der Waals surface area (Å²) in [7, 11) is 1.50. The molecule has 0 aromatic carbocycles. The van der Waals surface area contributed by atoms with Crippen molar-refractivity contribution < 1.29 is 66.9 Å². The first-order chi connectivity index (χ1) is 22.2. The Kier molecular flexibility index (Phi) is 40.8. The lowest BCUT2D eigenvalue weighted by Gasteiger charge is -2.06. The van der Waals surface area contributed by atoms with E-state index in [1.807, 2.05) is 10.6 Å². The molecule has 0 aromatic rings. The van der Waals surface area contributed by atoms with Gasteiger partial charge in [-0.1, -0.05) is 13.8 Å². The highest BCUT2D eigenvalue weighted by atomic mass is 16.6. The maximum Gasteiger partial charge on any atom is 0.417 e. The second kappa shape index (κ2) is 37.2. The molecule has 0 aliphatic carbocycles. The molecule has 0 fully saturated rings. The Balaban J connectivity index is -0.000000179. The van der Waals surface area contributed by atoms with Crippen molar-refractivity contribution in [1.82, 2.24) is 21.3 Å². The number of esters is 4. The lowest BCUT2D eigenvalue weighted by molar-refractivity contribution is -0.167.